The van der Waals surface area contributed by atoms with Crippen LogP contribution in [0.15, 0.2) is 34.9 Å². The van der Waals surface area contributed by atoms with Crippen molar-refractivity contribution >= 4 is 56.1 Å². The number of hydrogen-bond acceptors (Lipinski definition) is 1. The van der Waals surface area contributed by atoms with Gasteiger partial charge in [0.1, 0.15) is 5.69 Å². The summed E-state index contributed by atoms with van der Waals surface area (Å²) in [4.78, 5) is 11.1. The van der Waals surface area contributed by atoms with Crippen LogP contribution in [0.2, 0.25) is 5.02 Å². The van der Waals surface area contributed by atoms with E-state index in [4.69, 9.17) is 16.7 Å². The highest BCUT2D eigenvalue weighted by atomic mass is 127. The minimum absolute atomic E-state index is 0.193. The van der Waals surface area contributed by atoms with E-state index in [9.17, 15) is 4.79 Å². The van der Waals surface area contributed by atoms with Crippen LogP contribution in [0.1, 0.15) is 10.5 Å². The largest absolute Gasteiger partial charge is 0.477 e. The molecule has 0 fully saturated rings. The third-order valence-corrected chi connectivity index (χ3v) is 3.56. The average molecular weight is 426 g/mol. The van der Waals surface area contributed by atoms with Crippen LogP contribution >= 0.6 is 50.1 Å². The maximum Gasteiger partial charge on any atom is 0.352 e. The first-order chi connectivity index (χ1) is 7.99. The average Bonchev–Trinajstić information content (AvgIpc) is 2.60. The Morgan fingerprint density at radius 1 is 1.41 bits per heavy atom. The number of benzene rings is 1. The van der Waals surface area contributed by atoms with Gasteiger partial charge in [0.05, 0.1) is 10.7 Å². The maximum absolute atomic E-state index is 11.1. The van der Waals surface area contributed by atoms with Gasteiger partial charge in [-0.15, -0.1) is 0 Å². The summed E-state index contributed by atoms with van der Waals surface area (Å²) in [5.74, 6) is -0.980. The van der Waals surface area contributed by atoms with Crippen molar-refractivity contribution in [2.75, 3.05) is 0 Å². The molecule has 0 amide bonds. The van der Waals surface area contributed by atoms with Crippen molar-refractivity contribution in [3.63, 3.8) is 0 Å². The Balaban J connectivity index is 2.63. The van der Waals surface area contributed by atoms with Gasteiger partial charge in [-0.2, -0.15) is 0 Å². The zero-order chi connectivity index (χ0) is 12.6. The van der Waals surface area contributed by atoms with Gasteiger partial charge in [-0.1, -0.05) is 27.5 Å². The Kier molecular flexibility index (Phi) is 3.79. The molecule has 0 radical (unpaired) electrons. The second-order valence-corrected chi connectivity index (χ2v) is 5.88. The molecule has 6 heteroatoms. The van der Waals surface area contributed by atoms with Gasteiger partial charge in [0.15, 0.2) is 0 Å². The predicted octanol–water partition coefficient (Wildman–Crippen LogP) is 4.20. The van der Waals surface area contributed by atoms with Gasteiger partial charge in [-0.25, -0.2) is 4.79 Å². The number of carbonyl (C=O) groups is 1. The van der Waals surface area contributed by atoms with Gasteiger partial charge in [0.2, 0.25) is 0 Å². The van der Waals surface area contributed by atoms with Crippen LogP contribution in [0.4, 0.5) is 0 Å². The summed E-state index contributed by atoms with van der Waals surface area (Å²) >= 11 is 11.5. The van der Waals surface area contributed by atoms with Crippen LogP contribution in [-0.4, -0.2) is 15.6 Å². The molecule has 2 aromatic rings. The lowest BCUT2D eigenvalue weighted by Crippen LogP contribution is -2.05. The van der Waals surface area contributed by atoms with E-state index < -0.39 is 5.97 Å². The Labute approximate surface area is 125 Å². The SMILES string of the molecule is O=C(O)c1cc(I)cn1-c1ccc(Br)cc1Cl. The van der Waals surface area contributed by atoms with E-state index in [0.29, 0.717) is 10.7 Å². The molecular formula is C11H6BrClINO2. The van der Waals surface area contributed by atoms with E-state index in [-0.39, 0.29) is 5.69 Å². The van der Waals surface area contributed by atoms with Crippen molar-refractivity contribution in [1.82, 2.24) is 4.57 Å². The first-order valence-corrected chi connectivity index (χ1v) is 6.80. The van der Waals surface area contributed by atoms with Crippen molar-refractivity contribution in [3.05, 3.63) is 49.2 Å². The van der Waals surface area contributed by atoms with Crippen molar-refractivity contribution in [1.29, 1.82) is 0 Å². The highest BCUT2D eigenvalue weighted by Crippen LogP contribution is 2.27. The molecular weight excluding hydrogens is 420 g/mol. The lowest BCUT2D eigenvalue weighted by Gasteiger charge is -2.08. The van der Waals surface area contributed by atoms with Crippen molar-refractivity contribution in [2.24, 2.45) is 0 Å². The topological polar surface area (TPSA) is 42.2 Å². The van der Waals surface area contributed by atoms with Crippen LogP contribution in [0.25, 0.3) is 5.69 Å². The minimum Gasteiger partial charge on any atom is -0.477 e. The zero-order valence-corrected chi connectivity index (χ0v) is 12.8. The fourth-order valence-corrected chi connectivity index (χ4v) is 2.81. The Hall–Kier alpha value is -0.530. The zero-order valence-electron chi connectivity index (χ0n) is 8.32. The molecule has 0 unspecified atom stereocenters. The molecule has 88 valence electrons. The van der Waals surface area contributed by atoms with Gasteiger partial charge in [0.25, 0.3) is 0 Å². The standard InChI is InChI=1S/C11H6BrClINO2/c12-6-1-2-9(8(13)3-6)15-5-7(14)4-10(15)11(16)17/h1-5H,(H,16,17). The monoisotopic (exact) mass is 425 g/mol. The molecule has 1 aromatic heterocycles. The first-order valence-electron chi connectivity index (χ1n) is 4.55. The normalized spacial score (nSPS) is 10.5. The first kappa shape index (κ1) is 12.9. The fraction of sp³-hybridized carbons (Fsp3) is 0. The van der Waals surface area contributed by atoms with E-state index in [1.54, 1.807) is 29.0 Å². The molecule has 0 saturated heterocycles. The van der Waals surface area contributed by atoms with Gasteiger partial charge >= 0.3 is 5.97 Å². The summed E-state index contributed by atoms with van der Waals surface area (Å²) in [5.41, 5.74) is 0.841. The highest BCUT2D eigenvalue weighted by molar-refractivity contribution is 14.1. The van der Waals surface area contributed by atoms with Gasteiger partial charge in [-0.05, 0) is 46.9 Å². The highest BCUT2D eigenvalue weighted by Gasteiger charge is 2.14. The second kappa shape index (κ2) is 4.99. The van der Waals surface area contributed by atoms with Crippen LogP contribution in [-0.2, 0) is 0 Å². The fourth-order valence-electron chi connectivity index (χ4n) is 1.47. The number of halogens is 3. The predicted molar refractivity (Wildman–Crippen MR) is 78.2 cm³/mol. The van der Waals surface area contributed by atoms with Gasteiger partial charge < -0.3 is 9.67 Å². The molecule has 0 aliphatic heterocycles. The number of aromatic nitrogens is 1. The molecule has 0 atom stereocenters. The molecule has 3 nitrogen and oxygen atoms in total. The van der Waals surface area contributed by atoms with Crippen molar-refractivity contribution in [2.45, 2.75) is 0 Å². The summed E-state index contributed by atoms with van der Waals surface area (Å²) in [6.45, 7) is 0. The molecule has 0 aliphatic carbocycles. The van der Waals surface area contributed by atoms with Crippen LogP contribution in [0.5, 0.6) is 0 Å². The van der Waals surface area contributed by atoms with E-state index in [2.05, 4.69) is 38.5 Å². The second-order valence-electron chi connectivity index (χ2n) is 3.31. The van der Waals surface area contributed by atoms with Gasteiger partial charge in [-0.3, -0.25) is 0 Å². The number of rotatable bonds is 2. The smallest absolute Gasteiger partial charge is 0.352 e. The summed E-state index contributed by atoms with van der Waals surface area (Å²) in [7, 11) is 0. The Morgan fingerprint density at radius 3 is 2.71 bits per heavy atom. The quantitative estimate of drug-likeness (QED) is 0.732. The molecule has 0 spiro atoms. The Bertz CT molecular complexity index is 597. The number of carboxylic acids is 1. The number of aromatic carboxylic acids is 1. The van der Waals surface area contributed by atoms with E-state index in [1.807, 2.05) is 6.07 Å². The molecule has 1 aromatic carbocycles. The molecule has 0 bridgehead atoms. The molecule has 0 aliphatic rings. The maximum atomic E-state index is 11.1. The van der Waals surface area contributed by atoms with Crippen LogP contribution < -0.4 is 0 Å². The molecule has 17 heavy (non-hydrogen) atoms. The summed E-state index contributed by atoms with van der Waals surface area (Å²) in [5, 5.41) is 9.60. The van der Waals surface area contributed by atoms with E-state index >= 15 is 0 Å². The molecule has 0 saturated carbocycles. The van der Waals surface area contributed by atoms with Crippen molar-refractivity contribution < 1.29 is 9.90 Å². The van der Waals surface area contributed by atoms with E-state index in [1.165, 1.54) is 0 Å². The number of nitrogens with zero attached hydrogens (tertiary/aromatic N) is 1. The third kappa shape index (κ3) is 2.66. The number of carboxylic acid groups (broad SMARTS) is 1. The molecule has 1 heterocycles. The lowest BCUT2D eigenvalue weighted by molar-refractivity contribution is 0.0688. The van der Waals surface area contributed by atoms with Crippen LogP contribution in [0.3, 0.4) is 0 Å². The minimum atomic E-state index is -0.980. The summed E-state index contributed by atoms with van der Waals surface area (Å²) in [6, 6.07) is 6.92. The third-order valence-electron chi connectivity index (χ3n) is 2.17. The van der Waals surface area contributed by atoms with E-state index in [0.717, 1.165) is 8.04 Å². The Morgan fingerprint density at radius 2 is 2.12 bits per heavy atom. The summed E-state index contributed by atoms with van der Waals surface area (Å²) < 4.78 is 3.27. The van der Waals surface area contributed by atoms with Gasteiger partial charge in [0, 0.05) is 14.2 Å². The number of hydrogen-bond donors (Lipinski definition) is 1. The molecule has 1 N–H and O–H groups in total. The van der Waals surface area contributed by atoms with Crippen LogP contribution in [0, 0.1) is 3.57 Å². The van der Waals surface area contributed by atoms with Crippen molar-refractivity contribution in [3.8, 4) is 5.69 Å². The lowest BCUT2D eigenvalue weighted by atomic mass is 10.3. The molecule has 2 rings (SSSR count). The summed E-state index contributed by atoms with van der Waals surface area (Å²) in [6.07, 6.45) is 1.74.